The second-order valence-corrected chi connectivity index (χ2v) is 5.89. The maximum atomic E-state index is 12.2. The molecule has 2 aromatic carbocycles. The predicted octanol–water partition coefficient (Wildman–Crippen LogP) is 4.67. The highest BCUT2D eigenvalue weighted by Crippen LogP contribution is 2.21. The second-order valence-electron chi connectivity index (χ2n) is 5.45. The van der Waals surface area contributed by atoms with Crippen molar-refractivity contribution < 1.29 is 9.53 Å². The van der Waals surface area contributed by atoms with E-state index in [1.54, 1.807) is 19.1 Å². The highest BCUT2D eigenvalue weighted by molar-refractivity contribution is 6.30. The molecule has 0 saturated carbocycles. The Labute approximate surface area is 136 Å². The first kappa shape index (κ1) is 16.4. The molecule has 0 spiro atoms. The summed E-state index contributed by atoms with van der Waals surface area (Å²) in [7, 11) is 0. The van der Waals surface area contributed by atoms with Crippen LogP contribution in [0.15, 0.2) is 36.4 Å². The molecular weight excluding hydrogens is 298 g/mol. The molecule has 0 fully saturated rings. The van der Waals surface area contributed by atoms with Gasteiger partial charge >= 0.3 is 0 Å². The molecular formula is C18H20ClNO2. The average Bonchev–Trinajstić information content (AvgIpc) is 2.45. The number of hydrogen-bond acceptors (Lipinski definition) is 2. The molecule has 22 heavy (non-hydrogen) atoms. The normalized spacial score (nSPS) is 11.9. The van der Waals surface area contributed by atoms with Crippen molar-refractivity contribution in [1.29, 1.82) is 0 Å². The minimum absolute atomic E-state index is 0.191. The maximum Gasteiger partial charge on any atom is 0.265 e. The highest BCUT2D eigenvalue weighted by atomic mass is 35.5. The Balaban J connectivity index is 2.04. The first-order valence-electron chi connectivity index (χ1n) is 7.18. The van der Waals surface area contributed by atoms with Crippen molar-refractivity contribution in [3.05, 3.63) is 58.1 Å². The topological polar surface area (TPSA) is 38.3 Å². The van der Waals surface area contributed by atoms with E-state index in [1.165, 1.54) is 5.56 Å². The van der Waals surface area contributed by atoms with E-state index in [-0.39, 0.29) is 5.91 Å². The number of benzene rings is 2. The van der Waals surface area contributed by atoms with Crippen molar-refractivity contribution in [2.75, 3.05) is 5.32 Å². The Morgan fingerprint density at radius 1 is 1.05 bits per heavy atom. The summed E-state index contributed by atoms with van der Waals surface area (Å²) in [6.45, 7) is 7.69. The van der Waals surface area contributed by atoms with Gasteiger partial charge in [-0.05, 0) is 74.7 Å². The molecule has 0 saturated heterocycles. The number of ether oxygens (including phenoxy) is 1. The second kappa shape index (κ2) is 6.84. The van der Waals surface area contributed by atoms with Gasteiger partial charge in [-0.3, -0.25) is 4.79 Å². The zero-order valence-electron chi connectivity index (χ0n) is 13.2. The summed E-state index contributed by atoms with van der Waals surface area (Å²) in [5.41, 5.74) is 3.99. The van der Waals surface area contributed by atoms with Crippen molar-refractivity contribution in [3.8, 4) is 5.75 Å². The van der Waals surface area contributed by atoms with Crippen molar-refractivity contribution in [2.24, 2.45) is 0 Å². The first-order chi connectivity index (χ1) is 10.4. The lowest BCUT2D eigenvalue weighted by atomic mass is 10.1. The molecule has 1 unspecified atom stereocenters. The first-order valence-corrected chi connectivity index (χ1v) is 7.55. The Morgan fingerprint density at radius 3 is 2.41 bits per heavy atom. The third-order valence-electron chi connectivity index (χ3n) is 3.61. The molecule has 2 aromatic rings. The molecule has 0 aliphatic carbocycles. The van der Waals surface area contributed by atoms with Gasteiger partial charge in [-0.2, -0.15) is 0 Å². The van der Waals surface area contributed by atoms with Gasteiger partial charge in [0, 0.05) is 10.7 Å². The molecule has 0 aliphatic heterocycles. The lowest BCUT2D eigenvalue weighted by Crippen LogP contribution is -2.30. The van der Waals surface area contributed by atoms with Gasteiger partial charge < -0.3 is 10.1 Å². The molecule has 1 amide bonds. The minimum Gasteiger partial charge on any atom is -0.481 e. The van der Waals surface area contributed by atoms with Crippen LogP contribution >= 0.6 is 11.6 Å². The number of aryl methyl sites for hydroxylation is 3. The minimum atomic E-state index is -0.586. The fourth-order valence-corrected chi connectivity index (χ4v) is 2.27. The van der Waals surface area contributed by atoms with Gasteiger partial charge in [0.25, 0.3) is 5.91 Å². The zero-order valence-corrected chi connectivity index (χ0v) is 14.0. The van der Waals surface area contributed by atoms with E-state index >= 15 is 0 Å². The van der Waals surface area contributed by atoms with Crippen molar-refractivity contribution in [3.63, 3.8) is 0 Å². The summed E-state index contributed by atoms with van der Waals surface area (Å²) in [5, 5.41) is 3.51. The van der Waals surface area contributed by atoms with Crippen molar-refractivity contribution in [2.45, 2.75) is 33.8 Å². The van der Waals surface area contributed by atoms with Crippen LogP contribution in [-0.2, 0) is 4.79 Å². The van der Waals surface area contributed by atoms with Crippen LogP contribution in [0.2, 0.25) is 5.02 Å². The summed E-state index contributed by atoms with van der Waals surface area (Å²) >= 11 is 5.91. The number of halogens is 1. The summed E-state index contributed by atoms with van der Waals surface area (Å²) in [5.74, 6) is 0.502. The Bertz CT molecular complexity index is 697. The Hall–Kier alpha value is -2.00. The van der Waals surface area contributed by atoms with Gasteiger partial charge in [0.05, 0.1) is 0 Å². The van der Waals surface area contributed by atoms with Crippen molar-refractivity contribution in [1.82, 2.24) is 0 Å². The smallest absolute Gasteiger partial charge is 0.265 e. The number of rotatable bonds is 4. The summed E-state index contributed by atoms with van der Waals surface area (Å²) < 4.78 is 5.71. The van der Waals surface area contributed by atoms with E-state index in [0.29, 0.717) is 10.8 Å². The lowest BCUT2D eigenvalue weighted by Gasteiger charge is -2.16. The van der Waals surface area contributed by atoms with Crippen LogP contribution in [0.3, 0.4) is 0 Å². The number of carbonyl (C=O) groups is 1. The third-order valence-corrected chi connectivity index (χ3v) is 3.84. The fourth-order valence-electron chi connectivity index (χ4n) is 2.05. The Kier molecular flexibility index (Phi) is 5.09. The molecule has 1 N–H and O–H groups in total. The van der Waals surface area contributed by atoms with Crippen LogP contribution < -0.4 is 10.1 Å². The highest BCUT2D eigenvalue weighted by Gasteiger charge is 2.16. The van der Waals surface area contributed by atoms with Crippen LogP contribution in [0.5, 0.6) is 5.75 Å². The van der Waals surface area contributed by atoms with Crippen molar-refractivity contribution >= 4 is 23.2 Å². The SMILES string of the molecule is Cc1ccc(OC(C)C(=O)Nc2ccc(Cl)cc2C)cc1C. The molecule has 0 radical (unpaired) electrons. The monoisotopic (exact) mass is 317 g/mol. The molecule has 116 valence electrons. The van der Waals surface area contributed by atoms with Crippen LogP contribution in [0.25, 0.3) is 0 Å². The number of anilines is 1. The predicted molar refractivity (Wildman–Crippen MR) is 90.8 cm³/mol. The van der Waals surface area contributed by atoms with Crippen LogP contribution in [0.4, 0.5) is 5.69 Å². The van der Waals surface area contributed by atoms with E-state index in [4.69, 9.17) is 16.3 Å². The van der Waals surface area contributed by atoms with Crippen LogP contribution in [-0.4, -0.2) is 12.0 Å². The van der Waals surface area contributed by atoms with Gasteiger partial charge in [0.15, 0.2) is 6.10 Å². The molecule has 2 rings (SSSR count). The summed E-state index contributed by atoms with van der Waals surface area (Å²) in [6.07, 6.45) is -0.586. The van der Waals surface area contributed by atoms with Gasteiger partial charge in [0.2, 0.25) is 0 Å². The quantitative estimate of drug-likeness (QED) is 0.889. The van der Waals surface area contributed by atoms with E-state index < -0.39 is 6.10 Å². The molecule has 0 aromatic heterocycles. The molecule has 1 atom stereocenters. The van der Waals surface area contributed by atoms with Crippen LogP contribution in [0.1, 0.15) is 23.6 Å². The van der Waals surface area contributed by atoms with E-state index in [1.807, 2.05) is 45.0 Å². The lowest BCUT2D eigenvalue weighted by molar-refractivity contribution is -0.122. The van der Waals surface area contributed by atoms with Gasteiger partial charge in [-0.25, -0.2) is 0 Å². The van der Waals surface area contributed by atoms with Gasteiger partial charge in [0.1, 0.15) is 5.75 Å². The third kappa shape index (κ3) is 4.01. The zero-order chi connectivity index (χ0) is 16.3. The molecule has 0 aliphatic rings. The van der Waals surface area contributed by atoms with E-state index in [0.717, 1.165) is 16.8 Å². The fraction of sp³-hybridized carbons (Fsp3) is 0.278. The number of hydrogen-bond donors (Lipinski definition) is 1. The molecule has 0 bridgehead atoms. The number of amides is 1. The molecule has 3 nitrogen and oxygen atoms in total. The van der Waals surface area contributed by atoms with E-state index in [2.05, 4.69) is 5.32 Å². The molecule has 0 heterocycles. The Morgan fingerprint density at radius 2 is 1.77 bits per heavy atom. The standard InChI is InChI=1S/C18H20ClNO2/c1-11-5-7-16(10-12(11)2)22-14(4)18(21)20-17-8-6-15(19)9-13(17)3/h5-10,14H,1-4H3,(H,20,21). The average molecular weight is 318 g/mol. The van der Waals surface area contributed by atoms with Crippen LogP contribution in [0, 0.1) is 20.8 Å². The number of carbonyl (C=O) groups excluding carboxylic acids is 1. The van der Waals surface area contributed by atoms with Gasteiger partial charge in [-0.15, -0.1) is 0 Å². The summed E-state index contributed by atoms with van der Waals surface area (Å²) in [4.78, 5) is 12.2. The van der Waals surface area contributed by atoms with Gasteiger partial charge in [-0.1, -0.05) is 17.7 Å². The summed E-state index contributed by atoms with van der Waals surface area (Å²) in [6, 6.07) is 11.1. The largest absolute Gasteiger partial charge is 0.481 e. The van der Waals surface area contributed by atoms with E-state index in [9.17, 15) is 4.79 Å². The number of nitrogens with one attached hydrogen (secondary N) is 1. The molecule has 4 heteroatoms. The maximum absolute atomic E-state index is 12.2.